The molecule has 0 spiro atoms. The van der Waals surface area contributed by atoms with Gasteiger partial charge in [-0.3, -0.25) is 4.90 Å². The molecule has 3 nitrogen and oxygen atoms in total. The van der Waals surface area contributed by atoms with Crippen molar-refractivity contribution in [1.29, 1.82) is 5.26 Å². The molecule has 0 radical (unpaired) electrons. The van der Waals surface area contributed by atoms with E-state index in [9.17, 15) is 0 Å². The van der Waals surface area contributed by atoms with Crippen LogP contribution in [0.5, 0.6) is 0 Å². The van der Waals surface area contributed by atoms with Gasteiger partial charge in [0.25, 0.3) is 0 Å². The Labute approximate surface area is 109 Å². The molecule has 0 amide bonds. The molecule has 3 heteroatoms. The van der Waals surface area contributed by atoms with E-state index < -0.39 is 0 Å². The number of likely N-dealkylation sites (tertiary alicyclic amines) is 1. The topological polar surface area (TPSA) is 47.3 Å². The molecule has 1 aliphatic heterocycles. The fourth-order valence-electron chi connectivity index (χ4n) is 2.71. The molecule has 0 bridgehead atoms. The Morgan fingerprint density at radius 1 is 1.44 bits per heavy atom. The van der Waals surface area contributed by atoms with E-state index in [1.807, 2.05) is 18.2 Å². The van der Waals surface area contributed by atoms with Gasteiger partial charge >= 0.3 is 0 Å². The second-order valence-corrected chi connectivity index (χ2v) is 5.07. The van der Waals surface area contributed by atoms with E-state index in [4.69, 9.17) is 10.4 Å². The van der Waals surface area contributed by atoms with Gasteiger partial charge in [0.05, 0.1) is 11.6 Å². The zero-order valence-electron chi connectivity index (χ0n) is 10.7. The summed E-state index contributed by atoms with van der Waals surface area (Å²) in [5.41, 5.74) is 1.94. The van der Waals surface area contributed by atoms with Crippen molar-refractivity contribution in [3.63, 3.8) is 0 Å². The average Bonchev–Trinajstić information content (AvgIpc) is 2.40. The summed E-state index contributed by atoms with van der Waals surface area (Å²) >= 11 is 0. The van der Waals surface area contributed by atoms with Gasteiger partial charge in [-0.05, 0) is 49.4 Å². The molecule has 0 aromatic heterocycles. The van der Waals surface area contributed by atoms with Crippen molar-refractivity contribution in [2.24, 2.45) is 5.92 Å². The number of aliphatic hydroxyl groups is 1. The molecule has 1 heterocycles. The van der Waals surface area contributed by atoms with Crippen LogP contribution in [-0.2, 0) is 6.54 Å². The summed E-state index contributed by atoms with van der Waals surface area (Å²) in [5.74, 6) is 0.628. The van der Waals surface area contributed by atoms with E-state index in [1.54, 1.807) is 0 Å². The first-order valence-electron chi connectivity index (χ1n) is 6.64. The summed E-state index contributed by atoms with van der Waals surface area (Å²) in [6.07, 6.45) is 3.35. The number of aliphatic hydroxyl groups excluding tert-OH is 1. The fourth-order valence-corrected chi connectivity index (χ4v) is 2.71. The number of hydrogen-bond acceptors (Lipinski definition) is 3. The maximum atomic E-state index is 9.01. The number of nitrogens with zero attached hydrogens (tertiary/aromatic N) is 2. The van der Waals surface area contributed by atoms with Gasteiger partial charge < -0.3 is 5.11 Å². The van der Waals surface area contributed by atoms with Crippen LogP contribution in [0.15, 0.2) is 24.3 Å². The molecule has 1 atom stereocenters. The summed E-state index contributed by atoms with van der Waals surface area (Å²) in [4.78, 5) is 2.43. The van der Waals surface area contributed by atoms with E-state index in [-0.39, 0.29) is 0 Å². The predicted molar refractivity (Wildman–Crippen MR) is 70.9 cm³/mol. The lowest BCUT2D eigenvalue weighted by atomic mass is 9.95. The summed E-state index contributed by atoms with van der Waals surface area (Å²) in [5, 5.41) is 17.9. The Balaban J connectivity index is 1.94. The second kappa shape index (κ2) is 6.53. The van der Waals surface area contributed by atoms with E-state index in [0.717, 1.165) is 31.6 Å². The van der Waals surface area contributed by atoms with Gasteiger partial charge in [-0.25, -0.2) is 0 Å². The smallest absolute Gasteiger partial charge is 0.0991 e. The predicted octanol–water partition coefficient (Wildman–Crippen LogP) is 2.15. The van der Waals surface area contributed by atoms with Crippen molar-refractivity contribution in [3.05, 3.63) is 35.4 Å². The standard InChI is InChI=1S/C15H20N2O/c16-10-14-3-1-4-15(9-14)12-17-7-2-5-13(11-17)6-8-18/h1,3-4,9,13,18H,2,5-8,11-12H2. The van der Waals surface area contributed by atoms with Gasteiger partial charge in [-0.15, -0.1) is 0 Å². The molecule has 1 N–H and O–H groups in total. The van der Waals surface area contributed by atoms with E-state index in [2.05, 4.69) is 17.0 Å². The molecule has 0 aliphatic carbocycles. The van der Waals surface area contributed by atoms with Crippen LogP contribution in [-0.4, -0.2) is 29.7 Å². The highest BCUT2D eigenvalue weighted by molar-refractivity contribution is 5.32. The van der Waals surface area contributed by atoms with Crippen molar-refractivity contribution in [1.82, 2.24) is 4.90 Å². The molecule has 18 heavy (non-hydrogen) atoms. The van der Waals surface area contributed by atoms with Crippen LogP contribution >= 0.6 is 0 Å². The highest BCUT2D eigenvalue weighted by Crippen LogP contribution is 2.21. The molecule has 1 unspecified atom stereocenters. The average molecular weight is 244 g/mol. The molecule has 0 saturated carbocycles. The van der Waals surface area contributed by atoms with Gasteiger partial charge in [-0.1, -0.05) is 12.1 Å². The van der Waals surface area contributed by atoms with Crippen LogP contribution in [0, 0.1) is 17.2 Å². The van der Waals surface area contributed by atoms with Gasteiger partial charge in [0, 0.05) is 19.7 Å². The summed E-state index contributed by atoms with van der Waals surface area (Å²) < 4.78 is 0. The number of benzene rings is 1. The zero-order valence-corrected chi connectivity index (χ0v) is 10.7. The van der Waals surface area contributed by atoms with Gasteiger partial charge in [0.1, 0.15) is 0 Å². The normalized spacial score (nSPS) is 20.6. The van der Waals surface area contributed by atoms with Crippen molar-refractivity contribution < 1.29 is 5.11 Å². The number of nitriles is 1. The molecule has 1 aliphatic rings. The lowest BCUT2D eigenvalue weighted by Gasteiger charge is -2.32. The molecule has 1 aromatic carbocycles. The molecule has 1 aromatic rings. The van der Waals surface area contributed by atoms with Crippen LogP contribution in [0.25, 0.3) is 0 Å². The third-order valence-corrected chi connectivity index (χ3v) is 3.60. The van der Waals surface area contributed by atoms with Gasteiger partial charge in [0.15, 0.2) is 0 Å². The highest BCUT2D eigenvalue weighted by Gasteiger charge is 2.19. The Kier molecular flexibility index (Phi) is 4.74. The lowest BCUT2D eigenvalue weighted by Crippen LogP contribution is -2.35. The third kappa shape index (κ3) is 3.56. The monoisotopic (exact) mass is 244 g/mol. The summed E-state index contributed by atoms with van der Waals surface area (Å²) in [6.45, 7) is 3.40. The molecule has 2 rings (SSSR count). The van der Waals surface area contributed by atoms with Crippen molar-refractivity contribution >= 4 is 0 Å². The fraction of sp³-hybridized carbons (Fsp3) is 0.533. The van der Waals surface area contributed by atoms with E-state index in [0.29, 0.717) is 12.5 Å². The molecule has 1 fully saturated rings. The summed E-state index contributed by atoms with van der Waals surface area (Å²) in [6, 6.07) is 10.0. The summed E-state index contributed by atoms with van der Waals surface area (Å²) in [7, 11) is 0. The number of piperidine rings is 1. The highest BCUT2D eigenvalue weighted by atomic mass is 16.3. The zero-order chi connectivity index (χ0) is 12.8. The first kappa shape index (κ1) is 13.1. The van der Waals surface area contributed by atoms with E-state index in [1.165, 1.54) is 18.4 Å². The Morgan fingerprint density at radius 2 is 2.33 bits per heavy atom. The van der Waals surface area contributed by atoms with Crippen molar-refractivity contribution in [2.45, 2.75) is 25.8 Å². The first-order valence-corrected chi connectivity index (χ1v) is 6.64. The van der Waals surface area contributed by atoms with Gasteiger partial charge in [0.2, 0.25) is 0 Å². The van der Waals surface area contributed by atoms with Crippen LogP contribution in [0.3, 0.4) is 0 Å². The Bertz CT molecular complexity index is 423. The first-order chi connectivity index (χ1) is 8.81. The minimum atomic E-state index is 0.294. The SMILES string of the molecule is N#Cc1cccc(CN2CCCC(CCO)C2)c1. The molecular formula is C15H20N2O. The van der Waals surface area contributed by atoms with Gasteiger partial charge in [-0.2, -0.15) is 5.26 Å². The minimum absolute atomic E-state index is 0.294. The Hall–Kier alpha value is -1.37. The largest absolute Gasteiger partial charge is 0.396 e. The quantitative estimate of drug-likeness (QED) is 0.882. The van der Waals surface area contributed by atoms with Crippen LogP contribution < -0.4 is 0 Å². The number of hydrogen-bond donors (Lipinski definition) is 1. The van der Waals surface area contributed by atoms with Crippen LogP contribution in [0.2, 0.25) is 0 Å². The van der Waals surface area contributed by atoms with Crippen molar-refractivity contribution in [2.75, 3.05) is 19.7 Å². The van der Waals surface area contributed by atoms with Crippen LogP contribution in [0.4, 0.5) is 0 Å². The molecule has 96 valence electrons. The van der Waals surface area contributed by atoms with Crippen LogP contribution in [0.1, 0.15) is 30.4 Å². The van der Waals surface area contributed by atoms with Crippen molar-refractivity contribution in [3.8, 4) is 6.07 Å². The van der Waals surface area contributed by atoms with E-state index >= 15 is 0 Å². The lowest BCUT2D eigenvalue weighted by molar-refractivity contribution is 0.142. The number of rotatable bonds is 4. The maximum absolute atomic E-state index is 9.01. The molecular weight excluding hydrogens is 224 g/mol. The minimum Gasteiger partial charge on any atom is -0.396 e. The Morgan fingerprint density at radius 3 is 3.11 bits per heavy atom. The third-order valence-electron chi connectivity index (χ3n) is 3.60. The second-order valence-electron chi connectivity index (χ2n) is 5.07. The maximum Gasteiger partial charge on any atom is 0.0991 e. The molecule has 1 saturated heterocycles.